The lowest BCUT2D eigenvalue weighted by Crippen LogP contribution is -2.28. The topological polar surface area (TPSA) is 66.0 Å². The number of H-pyrrole nitrogens is 1. The average molecular weight is 230 g/mol. The first-order valence-corrected chi connectivity index (χ1v) is 5.34. The molecular weight excluding hydrogens is 216 g/mol. The van der Waals surface area contributed by atoms with Crippen molar-refractivity contribution in [3.63, 3.8) is 0 Å². The molecule has 1 aromatic carbocycles. The summed E-state index contributed by atoms with van der Waals surface area (Å²) in [7, 11) is 0. The molecule has 0 atom stereocenters. The summed E-state index contributed by atoms with van der Waals surface area (Å²) < 4.78 is 0. The fraction of sp³-hybridized carbons (Fsp3) is 0.231. The number of aliphatic carboxylic acids is 1. The molecule has 0 aliphatic carbocycles. The van der Waals surface area contributed by atoms with Crippen LogP contribution in [0.25, 0.3) is 11.3 Å². The SMILES string of the molecule is CC(C)(C(=O)O)c1ccc(-c2cnc[nH]2)cc1. The fourth-order valence-corrected chi connectivity index (χ4v) is 1.60. The summed E-state index contributed by atoms with van der Waals surface area (Å²) in [6, 6.07) is 7.47. The minimum absolute atomic E-state index is 0.785. The van der Waals surface area contributed by atoms with Gasteiger partial charge in [0, 0.05) is 0 Å². The first-order valence-electron chi connectivity index (χ1n) is 5.34. The van der Waals surface area contributed by atoms with Crippen LogP contribution < -0.4 is 0 Å². The lowest BCUT2D eigenvalue weighted by molar-refractivity contribution is -0.142. The maximum absolute atomic E-state index is 11.1. The van der Waals surface area contributed by atoms with Crippen molar-refractivity contribution in [3.8, 4) is 11.3 Å². The smallest absolute Gasteiger partial charge is 0.313 e. The molecule has 0 unspecified atom stereocenters. The number of nitrogens with one attached hydrogen (secondary N) is 1. The van der Waals surface area contributed by atoms with Crippen LogP contribution in [0.1, 0.15) is 19.4 Å². The highest BCUT2D eigenvalue weighted by Gasteiger charge is 2.29. The van der Waals surface area contributed by atoms with Crippen LogP contribution >= 0.6 is 0 Å². The number of benzene rings is 1. The lowest BCUT2D eigenvalue weighted by Gasteiger charge is -2.19. The molecule has 0 aliphatic rings. The van der Waals surface area contributed by atoms with E-state index in [0.29, 0.717) is 0 Å². The van der Waals surface area contributed by atoms with Crippen LogP contribution in [0.2, 0.25) is 0 Å². The van der Waals surface area contributed by atoms with Gasteiger partial charge in [-0.15, -0.1) is 0 Å². The van der Waals surface area contributed by atoms with Gasteiger partial charge in [-0.3, -0.25) is 4.79 Å². The number of hydrogen-bond acceptors (Lipinski definition) is 2. The highest BCUT2D eigenvalue weighted by Crippen LogP contribution is 2.25. The third-order valence-electron chi connectivity index (χ3n) is 2.95. The molecule has 0 aliphatic heterocycles. The maximum Gasteiger partial charge on any atom is 0.313 e. The van der Waals surface area contributed by atoms with Crippen LogP contribution in [0.5, 0.6) is 0 Å². The Kier molecular flexibility index (Phi) is 2.71. The van der Waals surface area contributed by atoms with Gasteiger partial charge in [-0.05, 0) is 25.0 Å². The number of aromatic nitrogens is 2. The molecule has 4 heteroatoms. The Bertz CT molecular complexity index is 513. The number of carboxylic acid groups (broad SMARTS) is 1. The zero-order valence-electron chi connectivity index (χ0n) is 9.77. The van der Waals surface area contributed by atoms with E-state index in [1.165, 1.54) is 0 Å². The summed E-state index contributed by atoms with van der Waals surface area (Å²) in [6.07, 6.45) is 3.35. The van der Waals surface area contributed by atoms with Crippen molar-refractivity contribution in [2.45, 2.75) is 19.3 Å². The molecule has 0 saturated carbocycles. The van der Waals surface area contributed by atoms with E-state index >= 15 is 0 Å². The Labute approximate surface area is 99.3 Å². The Morgan fingerprint density at radius 1 is 1.29 bits per heavy atom. The van der Waals surface area contributed by atoms with Crippen molar-refractivity contribution in [1.29, 1.82) is 0 Å². The quantitative estimate of drug-likeness (QED) is 0.851. The standard InChI is InChI=1S/C13H14N2O2/c1-13(2,12(16)17)10-5-3-9(4-6-10)11-7-14-8-15-11/h3-8H,1-2H3,(H,14,15)(H,16,17). The van der Waals surface area contributed by atoms with E-state index in [4.69, 9.17) is 5.11 Å². The predicted octanol–water partition coefficient (Wildman–Crippen LogP) is 2.44. The van der Waals surface area contributed by atoms with Crippen molar-refractivity contribution in [3.05, 3.63) is 42.4 Å². The summed E-state index contributed by atoms with van der Waals surface area (Å²) in [4.78, 5) is 18.1. The zero-order chi connectivity index (χ0) is 12.5. The summed E-state index contributed by atoms with van der Waals surface area (Å²) in [5, 5.41) is 9.13. The van der Waals surface area contributed by atoms with Gasteiger partial charge >= 0.3 is 5.97 Å². The van der Waals surface area contributed by atoms with Crippen LogP contribution in [0.3, 0.4) is 0 Å². The van der Waals surface area contributed by atoms with Gasteiger partial charge in [-0.1, -0.05) is 24.3 Å². The van der Waals surface area contributed by atoms with Crippen molar-refractivity contribution in [1.82, 2.24) is 9.97 Å². The minimum atomic E-state index is -0.869. The van der Waals surface area contributed by atoms with E-state index in [1.807, 2.05) is 24.3 Å². The van der Waals surface area contributed by atoms with E-state index in [-0.39, 0.29) is 0 Å². The van der Waals surface area contributed by atoms with Gasteiger partial charge in [0.05, 0.1) is 23.6 Å². The number of aromatic amines is 1. The summed E-state index contributed by atoms with van der Waals surface area (Å²) in [5.74, 6) is -0.827. The Morgan fingerprint density at radius 3 is 2.41 bits per heavy atom. The molecular formula is C13H14N2O2. The highest BCUT2D eigenvalue weighted by molar-refractivity contribution is 5.80. The Hall–Kier alpha value is -2.10. The Balaban J connectivity index is 2.34. The van der Waals surface area contributed by atoms with Crippen LogP contribution in [-0.4, -0.2) is 21.0 Å². The Morgan fingerprint density at radius 2 is 1.94 bits per heavy atom. The molecule has 0 saturated heterocycles. The van der Waals surface area contributed by atoms with Crippen LogP contribution in [0.15, 0.2) is 36.8 Å². The van der Waals surface area contributed by atoms with Crippen LogP contribution in [-0.2, 0) is 10.2 Å². The number of imidazole rings is 1. The second kappa shape index (κ2) is 4.05. The molecule has 2 aromatic rings. The zero-order valence-corrected chi connectivity index (χ0v) is 9.77. The molecule has 88 valence electrons. The van der Waals surface area contributed by atoms with Crippen molar-refractivity contribution in [2.75, 3.05) is 0 Å². The molecule has 2 N–H and O–H groups in total. The number of hydrogen-bond donors (Lipinski definition) is 2. The molecule has 1 heterocycles. The fourth-order valence-electron chi connectivity index (χ4n) is 1.60. The number of rotatable bonds is 3. The van der Waals surface area contributed by atoms with Crippen LogP contribution in [0.4, 0.5) is 0 Å². The van der Waals surface area contributed by atoms with Gasteiger partial charge in [0.25, 0.3) is 0 Å². The van der Waals surface area contributed by atoms with E-state index in [1.54, 1.807) is 26.4 Å². The lowest BCUT2D eigenvalue weighted by atomic mass is 9.84. The van der Waals surface area contributed by atoms with Crippen molar-refractivity contribution >= 4 is 5.97 Å². The van der Waals surface area contributed by atoms with E-state index in [2.05, 4.69) is 9.97 Å². The van der Waals surface area contributed by atoms with Gasteiger partial charge in [0.2, 0.25) is 0 Å². The number of carboxylic acids is 1. The molecule has 1 aromatic heterocycles. The van der Waals surface area contributed by atoms with Gasteiger partial charge < -0.3 is 10.1 Å². The largest absolute Gasteiger partial charge is 0.481 e. The maximum atomic E-state index is 11.1. The van der Waals surface area contributed by atoms with Gasteiger partial charge in [-0.25, -0.2) is 4.98 Å². The van der Waals surface area contributed by atoms with E-state index in [0.717, 1.165) is 16.8 Å². The minimum Gasteiger partial charge on any atom is -0.481 e. The molecule has 17 heavy (non-hydrogen) atoms. The summed E-state index contributed by atoms with van der Waals surface area (Å²) >= 11 is 0. The molecule has 0 radical (unpaired) electrons. The molecule has 0 spiro atoms. The van der Waals surface area contributed by atoms with Crippen molar-refractivity contribution in [2.24, 2.45) is 0 Å². The van der Waals surface area contributed by atoms with Gasteiger partial charge in [0.15, 0.2) is 0 Å². The number of carbonyl (C=O) groups is 1. The van der Waals surface area contributed by atoms with E-state index in [9.17, 15) is 4.79 Å². The normalized spacial score (nSPS) is 11.4. The molecule has 0 amide bonds. The van der Waals surface area contributed by atoms with Gasteiger partial charge in [0.1, 0.15) is 0 Å². The average Bonchev–Trinajstić information content (AvgIpc) is 2.82. The third-order valence-corrected chi connectivity index (χ3v) is 2.95. The highest BCUT2D eigenvalue weighted by atomic mass is 16.4. The first kappa shape index (κ1) is 11.4. The molecule has 2 rings (SSSR count). The molecule has 4 nitrogen and oxygen atoms in total. The second-order valence-corrected chi connectivity index (χ2v) is 4.47. The molecule has 0 fully saturated rings. The molecule has 0 bridgehead atoms. The first-order chi connectivity index (χ1) is 8.01. The van der Waals surface area contributed by atoms with Crippen LogP contribution in [0, 0.1) is 0 Å². The predicted molar refractivity (Wildman–Crippen MR) is 64.7 cm³/mol. The second-order valence-electron chi connectivity index (χ2n) is 4.47. The summed E-state index contributed by atoms with van der Waals surface area (Å²) in [5.41, 5.74) is 1.83. The van der Waals surface area contributed by atoms with Crippen molar-refractivity contribution < 1.29 is 9.90 Å². The van der Waals surface area contributed by atoms with Gasteiger partial charge in [-0.2, -0.15) is 0 Å². The summed E-state index contributed by atoms with van der Waals surface area (Å²) in [6.45, 7) is 3.39. The third kappa shape index (κ3) is 2.06. The number of nitrogens with zero attached hydrogens (tertiary/aromatic N) is 1. The van der Waals surface area contributed by atoms with E-state index < -0.39 is 11.4 Å². The monoisotopic (exact) mass is 230 g/mol.